The van der Waals surface area contributed by atoms with Gasteiger partial charge < -0.3 is 15.7 Å². The van der Waals surface area contributed by atoms with Gasteiger partial charge in [0.25, 0.3) is 0 Å². The van der Waals surface area contributed by atoms with Crippen molar-refractivity contribution in [3.05, 3.63) is 33.8 Å². The number of nitrogens with one attached hydrogen (secondary N) is 2. The minimum absolute atomic E-state index is 0.0797. The topological polar surface area (TPSA) is 61.4 Å². The highest BCUT2D eigenvalue weighted by atomic mass is 35.5. The highest BCUT2D eigenvalue weighted by Gasteiger charge is 2.18. The van der Waals surface area contributed by atoms with Crippen LogP contribution in [0.3, 0.4) is 0 Å². The number of aliphatic hydroxyl groups is 1. The Kier molecular flexibility index (Phi) is 6.58. The van der Waals surface area contributed by atoms with Gasteiger partial charge in [0.15, 0.2) is 0 Å². The van der Waals surface area contributed by atoms with Crippen LogP contribution in [0.5, 0.6) is 0 Å². The van der Waals surface area contributed by atoms with Crippen LogP contribution in [-0.2, 0) is 4.79 Å². The number of benzene rings is 1. The summed E-state index contributed by atoms with van der Waals surface area (Å²) < 4.78 is 0. The normalized spacial score (nSPS) is 13.9. The van der Waals surface area contributed by atoms with Crippen LogP contribution < -0.4 is 10.6 Å². The van der Waals surface area contributed by atoms with Crippen LogP contribution in [0.25, 0.3) is 0 Å². The van der Waals surface area contributed by atoms with Crippen LogP contribution in [0, 0.1) is 5.92 Å². The Morgan fingerprint density at radius 3 is 2.42 bits per heavy atom. The van der Waals surface area contributed by atoms with Crippen molar-refractivity contribution in [2.75, 3.05) is 20.1 Å². The maximum Gasteiger partial charge on any atom is 0.224 e. The van der Waals surface area contributed by atoms with Gasteiger partial charge in [-0.05, 0) is 19.2 Å². The first-order valence-electron chi connectivity index (χ1n) is 6.01. The fourth-order valence-corrected chi connectivity index (χ4v) is 2.35. The Labute approximate surface area is 123 Å². The zero-order valence-corrected chi connectivity index (χ0v) is 12.4. The molecule has 0 aliphatic heterocycles. The highest BCUT2D eigenvalue weighted by Crippen LogP contribution is 2.29. The number of carbonyl (C=O) groups is 1. The Morgan fingerprint density at radius 2 is 1.89 bits per heavy atom. The molecule has 1 aromatic rings. The molecule has 0 aliphatic rings. The number of amides is 1. The van der Waals surface area contributed by atoms with Gasteiger partial charge in [-0.2, -0.15) is 0 Å². The van der Waals surface area contributed by atoms with Crippen molar-refractivity contribution in [3.63, 3.8) is 0 Å². The summed E-state index contributed by atoms with van der Waals surface area (Å²) in [6.45, 7) is 2.46. The largest absolute Gasteiger partial charge is 0.386 e. The van der Waals surface area contributed by atoms with Gasteiger partial charge in [-0.15, -0.1) is 0 Å². The first-order valence-corrected chi connectivity index (χ1v) is 6.77. The van der Waals surface area contributed by atoms with E-state index in [0.29, 0.717) is 22.2 Å². The van der Waals surface area contributed by atoms with Crippen LogP contribution in [0.1, 0.15) is 18.6 Å². The molecular formula is C13H18Cl2N2O2. The minimum Gasteiger partial charge on any atom is -0.386 e. The first-order chi connectivity index (χ1) is 8.97. The standard InChI is InChI=1S/C13H18Cl2N2O2/c1-8(6-16-2)13(19)17-7-11(18)12-9(14)4-3-5-10(12)15/h3-5,8,11,16,18H,6-7H2,1-2H3,(H,17,19). The Balaban J connectivity index is 2.61. The van der Waals surface area contributed by atoms with E-state index in [1.165, 1.54) is 0 Å². The SMILES string of the molecule is CNCC(C)C(=O)NCC(O)c1c(Cl)cccc1Cl. The van der Waals surface area contributed by atoms with Crippen molar-refractivity contribution in [2.24, 2.45) is 5.92 Å². The molecule has 0 saturated heterocycles. The predicted molar refractivity (Wildman–Crippen MR) is 77.5 cm³/mol. The van der Waals surface area contributed by atoms with Crippen molar-refractivity contribution in [1.29, 1.82) is 0 Å². The van der Waals surface area contributed by atoms with E-state index < -0.39 is 6.10 Å². The lowest BCUT2D eigenvalue weighted by molar-refractivity contribution is -0.124. The Hall–Kier alpha value is -0.810. The van der Waals surface area contributed by atoms with Gasteiger partial charge in [0.05, 0.1) is 6.10 Å². The molecule has 4 nitrogen and oxygen atoms in total. The van der Waals surface area contributed by atoms with E-state index in [0.717, 1.165) is 0 Å². The predicted octanol–water partition coefficient (Wildman–Crippen LogP) is 2.00. The lowest BCUT2D eigenvalue weighted by Crippen LogP contribution is -2.36. The van der Waals surface area contributed by atoms with Gasteiger partial charge in [-0.25, -0.2) is 0 Å². The lowest BCUT2D eigenvalue weighted by Gasteiger charge is -2.17. The number of rotatable bonds is 6. The van der Waals surface area contributed by atoms with Gasteiger partial charge in [0.1, 0.15) is 0 Å². The first kappa shape index (κ1) is 16.2. The summed E-state index contributed by atoms with van der Waals surface area (Å²) in [5, 5.41) is 16.4. The summed E-state index contributed by atoms with van der Waals surface area (Å²) >= 11 is 12.0. The summed E-state index contributed by atoms with van der Waals surface area (Å²) in [5.41, 5.74) is 0.437. The van der Waals surface area contributed by atoms with E-state index in [1.54, 1.807) is 32.2 Å². The molecule has 106 valence electrons. The van der Waals surface area contributed by atoms with Gasteiger partial charge in [-0.1, -0.05) is 36.2 Å². The summed E-state index contributed by atoms with van der Waals surface area (Å²) in [6, 6.07) is 5.00. The molecule has 0 bridgehead atoms. The molecule has 1 aromatic carbocycles. The summed E-state index contributed by atoms with van der Waals surface area (Å²) in [4.78, 5) is 11.7. The maximum absolute atomic E-state index is 11.7. The van der Waals surface area contributed by atoms with Crippen molar-refractivity contribution < 1.29 is 9.90 Å². The molecule has 0 saturated carbocycles. The fraction of sp³-hybridized carbons (Fsp3) is 0.462. The second-order valence-corrected chi connectivity index (χ2v) is 5.17. The van der Waals surface area contributed by atoms with E-state index >= 15 is 0 Å². The second kappa shape index (κ2) is 7.70. The van der Waals surface area contributed by atoms with Crippen molar-refractivity contribution in [2.45, 2.75) is 13.0 Å². The smallest absolute Gasteiger partial charge is 0.224 e. The van der Waals surface area contributed by atoms with E-state index in [4.69, 9.17) is 23.2 Å². The molecule has 19 heavy (non-hydrogen) atoms. The minimum atomic E-state index is -0.924. The number of carbonyl (C=O) groups excluding carboxylic acids is 1. The molecule has 2 atom stereocenters. The highest BCUT2D eigenvalue weighted by molar-refractivity contribution is 6.36. The number of hydrogen-bond acceptors (Lipinski definition) is 3. The van der Waals surface area contributed by atoms with E-state index in [9.17, 15) is 9.90 Å². The third-order valence-electron chi connectivity index (χ3n) is 2.76. The number of aliphatic hydroxyl groups excluding tert-OH is 1. The maximum atomic E-state index is 11.7. The molecule has 0 heterocycles. The fourth-order valence-electron chi connectivity index (χ4n) is 1.70. The molecule has 0 fully saturated rings. The average molecular weight is 305 g/mol. The van der Waals surface area contributed by atoms with E-state index in [1.807, 2.05) is 0 Å². The molecular weight excluding hydrogens is 287 g/mol. The van der Waals surface area contributed by atoms with Gasteiger partial charge in [-0.3, -0.25) is 4.79 Å². The molecule has 0 spiro atoms. The van der Waals surface area contributed by atoms with Crippen LogP contribution >= 0.6 is 23.2 Å². The summed E-state index contributed by atoms with van der Waals surface area (Å²) in [6.07, 6.45) is -0.924. The van der Waals surface area contributed by atoms with Crippen LogP contribution in [0.15, 0.2) is 18.2 Å². The molecule has 3 N–H and O–H groups in total. The van der Waals surface area contributed by atoms with Crippen LogP contribution in [0.4, 0.5) is 0 Å². The lowest BCUT2D eigenvalue weighted by atomic mass is 10.1. The molecule has 2 unspecified atom stereocenters. The molecule has 1 rings (SSSR count). The van der Waals surface area contributed by atoms with E-state index in [-0.39, 0.29) is 18.4 Å². The monoisotopic (exact) mass is 304 g/mol. The zero-order valence-electron chi connectivity index (χ0n) is 10.9. The Bertz CT molecular complexity index is 420. The van der Waals surface area contributed by atoms with Crippen LogP contribution in [0.2, 0.25) is 10.0 Å². The molecule has 0 aliphatic carbocycles. The number of halogens is 2. The van der Waals surface area contributed by atoms with Gasteiger partial charge >= 0.3 is 0 Å². The number of hydrogen-bond donors (Lipinski definition) is 3. The third kappa shape index (κ3) is 4.66. The molecule has 0 aromatic heterocycles. The third-order valence-corrected chi connectivity index (χ3v) is 3.42. The Morgan fingerprint density at radius 1 is 1.32 bits per heavy atom. The molecule has 0 radical (unpaired) electrons. The summed E-state index contributed by atoms with van der Waals surface area (Å²) in [7, 11) is 1.78. The second-order valence-electron chi connectivity index (χ2n) is 4.36. The van der Waals surface area contributed by atoms with Crippen molar-refractivity contribution in [1.82, 2.24) is 10.6 Å². The molecule has 6 heteroatoms. The zero-order chi connectivity index (χ0) is 14.4. The molecule has 1 amide bonds. The van der Waals surface area contributed by atoms with Crippen molar-refractivity contribution >= 4 is 29.1 Å². The summed E-state index contributed by atoms with van der Waals surface area (Å²) in [5.74, 6) is -0.296. The van der Waals surface area contributed by atoms with Gasteiger partial charge in [0, 0.05) is 34.6 Å². The van der Waals surface area contributed by atoms with Crippen LogP contribution in [-0.4, -0.2) is 31.2 Å². The van der Waals surface area contributed by atoms with Gasteiger partial charge in [0.2, 0.25) is 5.91 Å². The van der Waals surface area contributed by atoms with E-state index in [2.05, 4.69) is 10.6 Å². The quantitative estimate of drug-likeness (QED) is 0.753. The van der Waals surface area contributed by atoms with Crippen molar-refractivity contribution in [3.8, 4) is 0 Å². The average Bonchev–Trinajstić information content (AvgIpc) is 2.36.